The number of hydrogen-bond acceptors (Lipinski definition) is 4. The summed E-state index contributed by atoms with van der Waals surface area (Å²) in [7, 11) is -3.30. The number of amides is 1. The number of sulfonamides is 1. The Balaban J connectivity index is 0.00000441. The number of carbonyl (C=O) groups is 1. The molecule has 8 heteroatoms. The van der Waals surface area contributed by atoms with Crippen LogP contribution >= 0.6 is 12.4 Å². The molecule has 0 bridgehead atoms. The van der Waals surface area contributed by atoms with Crippen molar-refractivity contribution in [2.24, 2.45) is 5.73 Å². The summed E-state index contributed by atoms with van der Waals surface area (Å²) in [6, 6.07) is 5.96. The minimum absolute atomic E-state index is 0. The molecule has 6 nitrogen and oxygen atoms in total. The van der Waals surface area contributed by atoms with Crippen LogP contribution in [0.25, 0.3) is 0 Å². The van der Waals surface area contributed by atoms with Crippen molar-refractivity contribution in [3.05, 3.63) is 24.3 Å². The zero-order chi connectivity index (χ0) is 15.9. The number of halogens is 1. The number of nitrogens with two attached hydrogens (primary N) is 1. The van der Waals surface area contributed by atoms with Crippen molar-refractivity contribution in [2.75, 3.05) is 15.8 Å². The molecule has 0 aliphatic heterocycles. The standard InChI is InChI=1S/C14H23N3O3S.ClH/c1-3-5-13(15)14(18)16-11-6-8-12(9-7-11)17-21(19,20)10-4-2;/h6-9,13,17H,3-5,10,15H2,1-2H3,(H,16,18);1H. The average molecular weight is 350 g/mol. The van der Waals surface area contributed by atoms with Gasteiger partial charge in [-0.05, 0) is 37.1 Å². The molecule has 0 spiro atoms. The third-order valence-electron chi connectivity index (χ3n) is 2.84. The first-order chi connectivity index (χ1) is 9.88. The second kappa shape index (κ2) is 9.66. The molecule has 0 aliphatic rings. The lowest BCUT2D eigenvalue weighted by Gasteiger charge is -2.12. The lowest BCUT2D eigenvalue weighted by atomic mass is 10.1. The van der Waals surface area contributed by atoms with Crippen LogP contribution in [0.4, 0.5) is 11.4 Å². The third-order valence-corrected chi connectivity index (χ3v) is 4.33. The smallest absolute Gasteiger partial charge is 0.241 e. The molecule has 0 aromatic heterocycles. The molecule has 22 heavy (non-hydrogen) atoms. The number of nitrogens with one attached hydrogen (secondary N) is 2. The van der Waals surface area contributed by atoms with Crippen molar-refractivity contribution >= 4 is 39.7 Å². The Labute approximate surface area is 138 Å². The van der Waals surface area contributed by atoms with E-state index in [9.17, 15) is 13.2 Å². The van der Waals surface area contributed by atoms with Crippen LogP contribution in [0, 0.1) is 0 Å². The van der Waals surface area contributed by atoms with Crippen molar-refractivity contribution in [1.82, 2.24) is 0 Å². The van der Waals surface area contributed by atoms with E-state index in [1.54, 1.807) is 31.2 Å². The largest absolute Gasteiger partial charge is 0.325 e. The molecule has 0 saturated heterocycles. The van der Waals surface area contributed by atoms with Crippen molar-refractivity contribution in [2.45, 2.75) is 39.2 Å². The first-order valence-corrected chi connectivity index (χ1v) is 8.70. The maximum Gasteiger partial charge on any atom is 0.241 e. The monoisotopic (exact) mass is 349 g/mol. The maximum absolute atomic E-state index is 11.8. The first-order valence-electron chi connectivity index (χ1n) is 7.05. The van der Waals surface area contributed by atoms with Gasteiger partial charge in [0, 0.05) is 11.4 Å². The van der Waals surface area contributed by atoms with E-state index in [2.05, 4.69) is 10.0 Å². The van der Waals surface area contributed by atoms with Gasteiger partial charge in [-0.1, -0.05) is 20.3 Å². The van der Waals surface area contributed by atoms with E-state index in [0.29, 0.717) is 24.2 Å². The Morgan fingerprint density at radius 2 is 1.68 bits per heavy atom. The van der Waals surface area contributed by atoms with Crippen LogP contribution in [0.2, 0.25) is 0 Å². The summed E-state index contributed by atoms with van der Waals surface area (Å²) in [5, 5.41) is 2.70. The van der Waals surface area contributed by atoms with E-state index in [4.69, 9.17) is 5.73 Å². The predicted octanol–water partition coefficient (Wildman–Crippen LogP) is 2.33. The van der Waals surface area contributed by atoms with Gasteiger partial charge in [-0.15, -0.1) is 12.4 Å². The molecule has 0 aliphatic carbocycles. The van der Waals surface area contributed by atoms with Crippen LogP contribution < -0.4 is 15.8 Å². The van der Waals surface area contributed by atoms with E-state index in [0.717, 1.165) is 6.42 Å². The van der Waals surface area contributed by atoms with Gasteiger partial charge >= 0.3 is 0 Å². The number of benzene rings is 1. The molecule has 1 aromatic rings. The van der Waals surface area contributed by atoms with Crippen LogP contribution in [0.3, 0.4) is 0 Å². The number of anilines is 2. The van der Waals surface area contributed by atoms with Gasteiger partial charge in [-0.3, -0.25) is 9.52 Å². The lowest BCUT2D eigenvalue weighted by Crippen LogP contribution is -2.35. The fourth-order valence-corrected chi connectivity index (χ4v) is 2.93. The number of hydrogen-bond donors (Lipinski definition) is 3. The first kappa shape index (κ1) is 20.7. The fourth-order valence-electron chi connectivity index (χ4n) is 1.80. The van der Waals surface area contributed by atoms with Crippen molar-refractivity contribution in [1.29, 1.82) is 0 Å². The van der Waals surface area contributed by atoms with Gasteiger partial charge in [0.1, 0.15) is 0 Å². The van der Waals surface area contributed by atoms with E-state index >= 15 is 0 Å². The molecular formula is C14H24ClN3O3S. The molecule has 1 aromatic carbocycles. The zero-order valence-electron chi connectivity index (χ0n) is 12.8. The Hall–Kier alpha value is -1.31. The minimum Gasteiger partial charge on any atom is -0.325 e. The lowest BCUT2D eigenvalue weighted by molar-refractivity contribution is -0.117. The van der Waals surface area contributed by atoms with E-state index in [1.807, 2.05) is 6.92 Å². The van der Waals surface area contributed by atoms with E-state index in [-0.39, 0.29) is 24.1 Å². The van der Waals surface area contributed by atoms with Gasteiger partial charge in [0.05, 0.1) is 11.8 Å². The third kappa shape index (κ3) is 7.11. The van der Waals surface area contributed by atoms with Crippen LogP contribution in [-0.4, -0.2) is 26.1 Å². The topological polar surface area (TPSA) is 101 Å². The summed E-state index contributed by atoms with van der Waals surface area (Å²) >= 11 is 0. The van der Waals surface area contributed by atoms with E-state index < -0.39 is 16.1 Å². The number of carbonyl (C=O) groups excluding carboxylic acids is 1. The molecule has 1 atom stereocenters. The van der Waals surface area contributed by atoms with Gasteiger partial charge < -0.3 is 11.1 Å². The molecule has 0 fully saturated rings. The fraction of sp³-hybridized carbons (Fsp3) is 0.500. The second-order valence-electron chi connectivity index (χ2n) is 4.88. The van der Waals surface area contributed by atoms with Gasteiger partial charge in [0.25, 0.3) is 0 Å². The van der Waals surface area contributed by atoms with Gasteiger partial charge in [-0.25, -0.2) is 8.42 Å². The second-order valence-corrected chi connectivity index (χ2v) is 6.72. The predicted molar refractivity (Wildman–Crippen MR) is 92.9 cm³/mol. The van der Waals surface area contributed by atoms with Gasteiger partial charge in [-0.2, -0.15) is 0 Å². The molecule has 1 amide bonds. The summed E-state index contributed by atoms with van der Waals surface area (Å²) in [6.07, 6.45) is 2.02. The minimum atomic E-state index is -3.30. The highest BCUT2D eigenvalue weighted by molar-refractivity contribution is 7.92. The molecule has 0 saturated carbocycles. The van der Waals surface area contributed by atoms with Crippen molar-refractivity contribution < 1.29 is 13.2 Å². The maximum atomic E-state index is 11.8. The van der Waals surface area contributed by atoms with Crippen LogP contribution in [-0.2, 0) is 14.8 Å². The Morgan fingerprint density at radius 1 is 1.14 bits per heavy atom. The summed E-state index contributed by atoms with van der Waals surface area (Å²) in [5.41, 5.74) is 6.78. The Kier molecular flexibility index (Phi) is 9.08. The van der Waals surface area contributed by atoms with Crippen LogP contribution in [0.15, 0.2) is 24.3 Å². The number of rotatable bonds is 8. The molecule has 0 heterocycles. The van der Waals surface area contributed by atoms with Crippen molar-refractivity contribution in [3.63, 3.8) is 0 Å². The quantitative estimate of drug-likeness (QED) is 0.670. The van der Waals surface area contributed by atoms with Crippen LogP contribution in [0.1, 0.15) is 33.1 Å². The molecule has 1 rings (SSSR count). The highest BCUT2D eigenvalue weighted by atomic mass is 35.5. The molecule has 126 valence electrons. The Bertz CT molecular complexity index is 561. The highest BCUT2D eigenvalue weighted by Gasteiger charge is 2.12. The SMILES string of the molecule is CCCC(N)C(=O)Nc1ccc(NS(=O)(=O)CCC)cc1.Cl. The Morgan fingerprint density at radius 3 is 2.18 bits per heavy atom. The zero-order valence-corrected chi connectivity index (χ0v) is 14.5. The summed E-state index contributed by atoms with van der Waals surface area (Å²) < 4.78 is 25.7. The molecule has 0 radical (unpaired) electrons. The van der Waals surface area contributed by atoms with Gasteiger partial charge in [0.2, 0.25) is 15.9 Å². The molecule has 4 N–H and O–H groups in total. The molecule has 1 unspecified atom stereocenters. The van der Waals surface area contributed by atoms with E-state index in [1.165, 1.54) is 0 Å². The normalized spacial score (nSPS) is 12.1. The summed E-state index contributed by atoms with van der Waals surface area (Å²) in [5.74, 6) is -0.159. The summed E-state index contributed by atoms with van der Waals surface area (Å²) in [4.78, 5) is 11.8. The average Bonchev–Trinajstić information content (AvgIpc) is 2.40. The van der Waals surface area contributed by atoms with Gasteiger partial charge in [0.15, 0.2) is 0 Å². The molecular weight excluding hydrogens is 326 g/mol. The van der Waals surface area contributed by atoms with Crippen LogP contribution in [0.5, 0.6) is 0 Å². The highest BCUT2D eigenvalue weighted by Crippen LogP contribution is 2.15. The summed E-state index contributed by atoms with van der Waals surface area (Å²) in [6.45, 7) is 3.77. The van der Waals surface area contributed by atoms with Crippen molar-refractivity contribution in [3.8, 4) is 0 Å².